The number of aryl methyl sites for hydroxylation is 1. The van der Waals surface area contributed by atoms with Gasteiger partial charge in [-0.25, -0.2) is 0 Å². The molecule has 1 aromatic heterocycles. The maximum Gasteiger partial charge on any atom is 0.0722 e. The van der Waals surface area contributed by atoms with E-state index >= 15 is 0 Å². The van der Waals surface area contributed by atoms with Gasteiger partial charge in [0.25, 0.3) is 0 Å². The molecule has 2 aliphatic heterocycles. The highest BCUT2D eigenvalue weighted by atomic mass is 15.3. The van der Waals surface area contributed by atoms with Gasteiger partial charge in [-0.15, -0.1) is 0 Å². The third-order valence-corrected chi connectivity index (χ3v) is 4.68. The van der Waals surface area contributed by atoms with Crippen LogP contribution >= 0.6 is 0 Å². The summed E-state index contributed by atoms with van der Waals surface area (Å²) >= 11 is 0. The molecule has 20 heavy (non-hydrogen) atoms. The van der Waals surface area contributed by atoms with Crippen LogP contribution in [0.4, 0.5) is 0 Å². The van der Waals surface area contributed by atoms with E-state index in [1.54, 1.807) is 0 Å². The van der Waals surface area contributed by atoms with Gasteiger partial charge in [-0.3, -0.25) is 9.58 Å². The van der Waals surface area contributed by atoms with E-state index in [4.69, 9.17) is 0 Å². The number of piperidine rings is 1. The first-order valence-electron chi connectivity index (χ1n) is 7.92. The van der Waals surface area contributed by atoms with E-state index in [0.29, 0.717) is 0 Å². The van der Waals surface area contributed by atoms with Gasteiger partial charge in [0, 0.05) is 49.9 Å². The highest BCUT2D eigenvalue weighted by Crippen LogP contribution is 2.29. The van der Waals surface area contributed by atoms with E-state index in [1.165, 1.54) is 43.7 Å². The third-order valence-electron chi connectivity index (χ3n) is 4.68. The zero-order valence-electron chi connectivity index (χ0n) is 13.3. The quantitative estimate of drug-likeness (QED) is 0.895. The maximum atomic E-state index is 4.69. The van der Waals surface area contributed by atoms with Crippen molar-refractivity contribution in [3.8, 4) is 0 Å². The molecule has 2 aliphatic rings. The predicted octanol–water partition coefficient (Wildman–Crippen LogP) is 1.90. The van der Waals surface area contributed by atoms with Gasteiger partial charge in [-0.05, 0) is 25.3 Å². The van der Waals surface area contributed by atoms with Gasteiger partial charge in [-0.2, -0.15) is 5.10 Å². The van der Waals surface area contributed by atoms with Crippen LogP contribution in [0.3, 0.4) is 0 Å². The second kappa shape index (κ2) is 5.15. The summed E-state index contributed by atoms with van der Waals surface area (Å²) in [7, 11) is 2.03. The molecule has 0 radical (unpaired) electrons. The van der Waals surface area contributed by atoms with E-state index < -0.39 is 0 Å². The Hall–Kier alpha value is -0.870. The molecule has 112 valence electrons. The summed E-state index contributed by atoms with van der Waals surface area (Å²) < 4.78 is 1.97. The van der Waals surface area contributed by atoms with Crippen LogP contribution in [-0.2, 0) is 19.0 Å². The summed E-state index contributed by atoms with van der Waals surface area (Å²) in [4.78, 5) is 2.61. The fraction of sp³-hybridized carbons (Fsp3) is 0.812. The molecule has 4 heteroatoms. The Bertz CT molecular complexity index is 457. The number of hydrogen-bond acceptors (Lipinski definition) is 3. The molecule has 1 aromatic rings. The fourth-order valence-electron chi connectivity index (χ4n) is 3.79. The average molecular weight is 276 g/mol. The van der Waals surface area contributed by atoms with Gasteiger partial charge in [0.2, 0.25) is 0 Å². The summed E-state index contributed by atoms with van der Waals surface area (Å²) in [5.74, 6) is 0.860. The highest BCUT2D eigenvalue weighted by molar-refractivity contribution is 5.24. The smallest absolute Gasteiger partial charge is 0.0722 e. The molecule has 0 amide bonds. The lowest BCUT2D eigenvalue weighted by molar-refractivity contribution is 0.310. The topological polar surface area (TPSA) is 33.1 Å². The summed E-state index contributed by atoms with van der Waals surface area (Å²) in [6, 6.07) is 0.721. The number of nitrogens with zero attached hydrogens (tertiary/aromatic N) is 3. The second-order valence-electron chi connectivity index (χ2n) is 7.58. The van der Waals surface area contributed by atoms with E-state index in [1.807, 2.05) is 11.7 Å². The lowest BCUT2D eigenvalue weighted by Crippen LogP contribution is -2.40. The summed E-state index contributed by atoms with van der Waals surface area (Å²) in [5, 5.41) is 8.37. The molecule has 2 saturated heterocycles. The van der Waals surface area contributed by atoms with Gasteiger partial charge in [0.15, 0.2) is 0 Å². The van der Waals surface area contributed by atoms with Crippen LogP contribution in [0.2, 0.25) is 0 Å². The maximum absolute atomic E-state index is 4.69. The van der Waals surface area contributed by atoms with E-state index in [-0.39, 0.29) is 5.41 Å². The van der Waals surface area contributed by atoms with Crippen molar-refractivity contribution >= 4 is 0 Å². The lowest BCUT2D eigenvalue weighted by Gasteiger charge is -2.24. The molecule has 0 unspecified atom stereocenters. The number of fused-ring (bicyclic) bond motifs is 1. The summed E-state index contributed by atoms with van der Waals surface area (Å²) in [6.07, 6.45) is 4.94. The highest BCUT2D eigenvalue weighted by Gasteiger charge is 2.35. The van der Waals surface area contributed by atoms with Crippen molar-refractivity contribution in [1.82, 2.24) is 20.0 Å². The van der Waals surface area contributed by atoms with Crippen LogP contribution in [0.1, 0.15) is 44.9 Å². The molecule has 2 fully saturated rings. The standard InChI is InChI=1S/C16H28N4/c1-16(2,3)15-13(8-19(4)18-15)10-20-9-12-6-5-7-17-14(12)11-20/h8,12,14,17H,5-7,9-11H2,1-4H3/t12-,14+/m0/s1. The minimum atomic E-state index is 0.126. The Balaban J connectivity index is 1.72. The second-order valence-corrected chi connectivity index (χ2v) is 7.58. The minimum Gasteiger partial charge on any atom is -0.312 e. The van der Waals surface area contributed by atoms with Crippen molar-refractivity contribution in [2.45, 2.75) is 51.6 Å². The van der Waals surface area contributed by atoms with Gasteiger partial charge < -0.3 is 5.32 Å². The largest absolute Gasteiger partial charge is 0.312 e. The molecule has 0 spiro atoms. The van der Waals surface area contributed by atoms with E-state index in [2.05, 4.69) is 42.3 Å². The SMILES string of the molecule is Cn1cc(CN2C[C@@H]3CCCN[C@@H]3C2)c(C(C)(C)C)n1. The van der Waals surface area contributed by atoms with Crippen LogP contribution in [-0.4, -0.2) is 40.4 Å². The van der Waals surface area contributed by atoms with E-state index in [9.17, 15) is 0 Å². The Labute approximate surface area is 122 Å². The zero-order valence-corrected chi connectivity index (χ0v) is 13.3. The molecule has 3 rings (SSSR count). The van der Waals surface area contributed by atoms with Crippen LogP contribution in [0.15, 0.2) is 6.20 Å². The normalized spacial score (nSPS) is 27.8. The lowest BCUT2D eigenvalue weighted by atomic mass is 9.89. The Morgan fingerprint density at radius 2 is 2.15 bits per heavy atom. The Morgan fingerprint density at radius 1 is 1.35 bits per heavy atom. The molecule has 3 heterocycles. The van der Waals surface area contributed by atoms with E-state index in [0.717, 1.165) is 18.5 Å². The van der Waals surface area contributed by atoms with Crippen molar-refractivity contribution in [2.24, 2.45) is 13.0 Å². The first-order chi connectivity index (χ1) is 9.43. The average Bonchev–Trinajstić information content (AvgIpc) is 2.91. The number of likely N-dealkylation sites (tertiary alicyclic amines) is 1. The van der Waals surface area contributed by atoms with Crippen molar-refractivity contribution in [3.05, 3.63) is 17.5 Å². The van der Waals surface area contributed by atoms with Gasteiger partial charge >= 0.3 is 0 Å². The number of hydrogen-bond donors (Lipinski definition) is 1. The minimum absolute atomic E-state index is 0.126. The van der Waals surface area contributed by atoms with Crippen LogP contribution in [0, 0.1) is 5.92 Å². The van der Waals surface area contributed by atoms with Gasteiger partial charge in [-0.1, -0.05) is 20.8 Å². The number of rotatable bonds is 2. The first kappa shape index (κ1) is 14.1. The molecule has 2 atom stereocenters. The number of aromatic nitrogens is 2. The molecule has 0 aliphatic carbocycles. The number of nitrogens with one attached hydrogen (secondary N) is 1. The molecule has 0 saturated carbocycles. The molecule has 4 nitrogen and oxygen atoms in total. The van der Waals surface area contributed by atoms with Crippen molar-refractivity contribution in [2.75, 3.05) is 19.6 Å². The zero-order chi connectivity index (χ0) is 14.3. The summed E-state index contributed by atoms with van der Waals surface area (Å²) in [5.41, 5.74) is 2.78. The van der Waals surface area contributed by atoms with Crippen molar-refractivity contribution in [3.63, 3.8) is 0 Å². The molecule has 1 N–H and O–H groups in total. The third kappa shape index (κ3) is 2.77. The Morgan fingerprint density at radius 3 is 2.85 bits per heavy atom. The molecular formula is C16H28N4. The molecular weight excluding hydrogens is 248 g/mol. The molecule has 0 bridgehead atoms. The van der Waals surface area contributed by atoms with Crippen molar-refractivity contribution in [1.29, 1.82) is 0 Å². The van der Waals surface area contributed by atoms with Gasteiger partial charge in [0.05, 0.1) is 5.69 Å². The molecule has 0 aromatic carbocycles. The van der Waals surface area contributed by atoms with Crippen molar-refractivity contribution < 1.29 is 0 Å². The van der Waals surface area contributed by atoms with Crippen LogP contribution in [0.25, 0.3) is 0 Å². The fourth-order valence-corrected chi connectivity index (χ4v) is 3.79. The van der Waals surface area contributed by atoms with Gasteiger partial charge in [0.1, 0.15) is 0 Å². The van der Waals surface area contributed by atoms with Crippen LogP contribution in [0.5, 0.6) is 0 Å². The predicted molar refractivity (Wildman–Crippen MR) is 81.7 cm³/mol. The first-order valence-corrected chi connectivity index (χ1v) is 7.92. The van der Waals surface area contributed by atoms with Crippen LogP contribution < -0.4 is 5.32 Å². The summed E-state index contributed by atoms with van der Waals surface area (Å²) in [6.45, 7) is 11.5. The Kier molecular flexibility index (Phi) is 3.63. The monoisotopic (exact) mass is 276 g/mol.